The van der Waals surface area contributed by atoms with E-state index in [1.54, 1.807) is 0 Å². The highest BCUT2D eigenvalue weighted by Gasteiger charge is 2.29. The summed E-state index contributed by atoms with van der Waals surface area (Å²) >= 11 is 0. The third kappa shape index (κ3) is 7.62. The molecule has 4 N–H and O–H groups in total. The summed E-state index contributed by atoms with van der Waals surface area (Å²) in [4.78, 5) is 0. The second-order valence-corrected chi connectivity index (χ2v) is 6.93. The molecule has 0 aromatic heterocycles. The lowest BCUT2D eigenvalue weighted by molar-refractivity contribution is 0.202. The molecule has 21 heavy (non-hydrogen) atoms. The number of nitrogens with one attached hydrogen (secondary N) is 1. The van der Waals surface area contributed by atoms with Gasteiger partial charge in [-0.3, -0.25) is 0 Å². The van der Waals surface area contributed by atoms with Crippen LogP contribution in [0.2, 0.25) is 0 Å². The quantitative estimate of drug-likeness (QED) is 0.700. The molecule has 0 bridgehead atoms. The Morgan fingerprint density at radius 3 is 1.81 bits per heavy atom. The Balaban J connectivity index is 2.61. The fraction of sp³-hybridized carbons (Fsp3) is 1.00. The molecule has 126 valence electrons. The van der Waals surface area contributed by atoms with Crippen LogP contribution in [0.1, 0.15) is 90.4 Å². The van der Waals surface area contributed by atoms with E-state index in [0.29, 0.717) is 6.04 Å². The highest BCUT2D eigenvalue weighted by Crippen LogP contribution is 2.25. The zero-order valence-electron chi connectivity index (χ0n) is 14.2. The summed E-state index contributed by atoms with van der Waals surface area (Å²) in [6.07, 6.45) is 16.6. The average molecular weight is 299 g/mol. The van der Waals surface area contributed by atoms with Crippen molar-refractivity contribution in [3.63, 3.8) is 0 Å². The van der Waals surface area contributed by atoms with E-state index in [-0.39, 0.29) is 12.1 Å². The van der Waals surface area contributed by atoms with E-state index in [4.69, 9.17) is 5.73 Å². The minimum absolute atomic E-state index is 0.106. The topological polar surface area (TPSA) is 58.3 Å². The van der Waals surface area contributed by atoms with Crippen molar-refractivity contribution in [2.45, 2.75) is 102 Å². The van der Waals surface area contributed by atoms with Crippen LogP contribution in [0, 0.1) is 0 Å². The van der Waals surface area contributed by atoms with Gasteiger partial charge in [0.05, 0.1) is 0 Å². The first-order valence-electron chi connectivity index (χ1n) is 9.35. The van der Waals surface area contributed by atoms with Crippen molar-refractivity contribution in [1.82, 2.24) is 5.32 Å². The zero-order chi connectivity index (χ0) is 15.4. The van der Waals surface area contributed by atoms with E-state index in [1.165, 1.54) is 70.6 Å². The summed E-state index contributed by atoms with van der Waals surface area (Å²) in [6, 6.07) is 0.409. The van der Waals surface area contributed by atoms with Crippen molar-refractivity contribution in [1.29, 1.82) is 0 Å². The van der Waals surface area contributed by atoms with Crippen LogP contribution >= 0.6 is 0 Å². The first kappa shape index (κ1) is 18.9. The van der Waals surface area contributed by atoms with Crippen molar-refractivity contribution in [3.05, 3.63) is 0 Å². The van der Waals surface area contributed by atoms with E-state index >= 15 is 0 Å². The molecule has 1 fully saturated rings. The fourth-order valence-corrected chi connectivity index (χ4v) is 3.66. The summed E-state index contributed by atoms with van der Waals surface area (Å²) in [5.74, 6) is 0. The fourth-order valence-electron chi connectivity index (χ4n) is 3.66. The van der Waals surface area contributed by atoms with Crippen molar-refractivity contribution in [2.24, 2.45) is 5.73 Å². The monoisotopic (exact) mass is 298 g/mol. The summed E-state index contributed by atoms with van der Waals surface area (Å²) in [7, 11) is 0. The summed E-state index contributed by atoms with van der Waals surface area (Å²) in [6.45, 7) is 3.20. The SMILES string of the molecule is CCC(CCO)NC1(CN)CCCCCCCCCCC1. The number of rotatable bonds is 6. The molecule has 0 heterocycles. The highest BCUT2D eigenvalue weighted by molar-refractivity contribution is 4.91. The van der Waals surface area contributed by atoms with Gasteiger partial charge in [-0.25, -0.2) is 0 Å². The van der Waals surface area contributed by atoms with Gasteiger partial charge < -0.3 is 16.2 Å². The average Bonchev–Trinajstić information content (AvgIpc) is 2.49. The first-order valence-corrected chi connectivity index (χ1v) is 9.35. The van der Waals surface area contributed by atoms with Gasteiger partial charge >= 0.3 is 0 Å². The molecule has 1 saturated carbocycles. The van der Waals surface area contributed by atoms with Gasteiger partial charge in [0.15, 0.2) is 0 Å². The van der Waals surface area contributed by atoms with E-state index in [2.05, 4.69) is 12.2 Å². The molecule has 0 saturated heterocycles. The van der Waals surface area contributed by atoms with Crippen molar-refractivity contribution >= 4 is 0 Å². The number of aliphatic hydroxyl groups excluding tert-OH is 1. The van der Waals surface area contributed by atoms with Gasteiger partial charge in [-0.15, -0.1) is 0 Å². The Labute approximate surface area is 132 Å². The van der Waals surface area contributed by atoms with Gasteiger partial charge in [0, 0.05) is 24.7 Å². The minimum Gasteiger partial charge on any atom is -0.396 e. The largest absolute Gasteiger partial charge is 0.396 e. The number of aliphatic hydroxyl groups is 1. The van der Waals surface area contributed by atoms with Crippen LogP contribution in [0.4, 0.5) is 0 Å². The van der Waals surface area contributed by atoms with E-state index < -0.39 is 0 Å². The molecule has 3 nitrogen and oxygen atoms in total. The molecule has 1 aliphatic carbocycles. The third-order valence-electron chi connectivity index (χ3n) is 5.18. The Morgan fingerprint density at radius 2 is 1.43 bits per heavy atom. The van der Waals surface area contributed by atoms with Crippen LogP contribution in [0.15, 0.2) is 0 Å². The molecule has 0 spiro atoms. The lowest BCUT2D eigenvalue weighted by atomic mass is 9.84. The predicted molar refractivity (Wildman–Crippen MR) is 91.5 cm³/mol. The smallest absolute Gasteiger partial charge is 0.0445 e. The van der Waals surface area contributed by atoms with E-state index in [9.17, 15) is 5.11 Å². The van der Waals surface area contributed by atoms with Crippen molar-refractivity contribution in [2.75, 3.05) is 13.2 Å². The molecule has 0 aliphatic heterocycles. The zero-order valence-corrected chi connectivity index (χ0v) is 14.2. The Bertz CT molecular complexity index is 233. The standard InChI is InChI=1S/C18H38N2O/c1-2-17(12-15-21)20-18(16-19)13-10-8-6-4-3-5-7-9-11-14-18/h17,20-21H,2-16,19H2,1H3. The summed E-state index contributed by atoms with van der Waals surface area (Å²) in [5.41, 5.74) is 6.30. The van der Waals surface area contributed by atoms with Gasteiger partial charge in [-0.1, -0.05) is 64.7 Å². The lowest BCUT2D eigenvalue weighted by Crippen LogP contribution is -2.55. The van der Waals surface area contributed by atoms with Gasteiger partial charge in [0.25, 0.3) is 0 Å². The molecular formula is C18H38N2O. The summed E-state index contributed by atoms with van der Waals surface area (Å²) in [5, 5.41) is 13.1. The van der Waals surface area contributed by atoms with Gasteiger partial charge in [0.2, 0.25) is 0 Å². The van der Waals surface area contributed by atoms with Crippen LogP contribution in [0.25, 0.3) is 0 Å². The van der Waals surface area contributed by atoms with E-state index in [0.717, 1.165) is 19.4 Å². The molecule has 1 atom stereocenters. The molecule has 1 aliphatic rings. The number of nitrogens with two attached hydrogens (primary N) is 1. The molecule has 0 amide bonds. The van der Waals surface area contributed by atoms with E-state index in [1.807, 2.05) is 0 Å². The first-order chi connectivity index (χ1) is 10.3. The Kier molecular flexibility index (Phi) is 10.3. The maximum atomic E-state index is 9.23. The van der Waals surface area contributed by atoms with Crippen LogP contribution in [0.5, 0.6) is 0 Å². The molecule has 0 aromatic carbocycles. The van der Waals surface area contributed by atoms with Crippen LogP contribution in [-0.4, -0.2) is 29.8 Å². The van der Waals surface area contributed by atoms with Crippen molar-refractivity contribution < 1.29 is 5.11 Å². The number of hydrogen-bond acceptors (Lipinski definition) is 3. The molecule has 1 unspecified atom stereocenters. The van der Waals surface area contributed by atoms with Gasteiger partial charge in [-0.2, -0.15) is 0 Å². The van der Waals surface area contributed by atoms with Crippen LogP contribution in [0.3, 0.4) is 0 Å². The van der Waals surface area contributed by atoms with Crippen molar-refractivity contribution in [3.8, 4) is 0 Å². The maximum absolute atomic E-state index is 9.23. The van der Waals surface area contributed by atoms with Gasteiger partial charge in [-0.05, 0) is 25.7 Å². The third-order valence-corrected chi connectivity index (χ3v) is 5.18. The Morgan fingerprint density at radius 1 is 0.952 bits per heavy atom. The Hall–Kier alpha value is -0.120. The van der Waals surface area contributed by atoms with Crippen LogP contribution < -0.4 is 11.1 Å². The second-order valence-electron chi connectivity index (χ2n) is 6.93. The van der Waals surface area contributed by atoms with Gasteiger partial charge in [0.1, 0.15) is 0 Å². The predicted octanol–water partition coefficient (Wildman–Crippen LogP) is 3.74. The lowest BCUT2D eigenvalue weighted by Gasteiger charge is -2.38. The minimum atomic E-state index is 0.106. The molecule has 0 aromatic rings. The molecule has 1 rings (SSSR count). The molecule has 0 radical (unpaired) electrons. The molecule has 3 heteroatoms. The second kappa shape index (κ2) is 11.4. The number of hydrogen-bond donors (Lipinski definition) is 3. The highest BCUT2D eigenvalue weighted by atomic mass is 16.3. The van der Waals surface area contributed by atoms with Crippen LogP contribution in [-0.2, 0) is 0 Å². The maximum Gasteiger partial charge on any atom is 0.0445 e. The normalized spacial score (nSPS) is 23.0. The molecular weight excluding hydrogens is 260 g/mol. The summed E-state index contributed by atoms with van der Waals surface area (Å²) < 4.78 is 0.